The van der Waals surface area contributed by atoms with Crippen LogP contribution >= 0.6 is 23.1 Å². The molecule has 0 bridgehead atoms. The van der Waals surface area contributed by atoms with Crippen molar-refractivity contribution in [3.05, 3.63) is 29.3 Å². The van der Waals surface area contributed by atoms with Crippen LogP contribution in [0.25, 0.3) is 0 Å². The molecule has 8 heteroatoms. The molecule has 2 aromatic rings. The van der Waals surface area contributed by atoms with Crippen LogP contribution < -0.4 is 4.90 Å². The van der Waals surface area contributed by atoms with Crippen LogP contribution in [0.5, 0.6) is 11.5 Å². The van der Waals surface area contributed by atoms with Crippen molar-refractivity contribution in [2.45, 2.75) is 5.37 Å². The SMILES string of the molecule is O=C1CSC(c2cccc(O)c2O)N1c1nncs1. The van der Waals surface area contributed by atoms with E-state index < -0.39 is 5.37 Å². The summed E-state index contributed by atoms with van der Waals surface area (Å²) in [7, 11) is 0. The van der Waals surface area contributed by atoms with Gasteiger partial charge in [0.05, 0.1) is 5.75 Å². The quantitative estimate of drug-likeness (QED) is 0.821. The fourth-order valence-electron chi connectivity index (χ4n) is 1.88. The normalized spacial score (nSPS) is 19.1. The van der Waals surface area contributed by atoms with Gasteiger partial charge in [0.1, 0.15) is 10.9 Å². The molecule has 98 valence electrons. The second-order valence-corrected chi connectivity index (χ2v) is 5.74. The lowest BCUT2D eigenvalue weighted by atomic mass is 10.1. The van der Waals surface area contributed by atoms with Crippen LogP contribution in [-0.4, -0.2) is 32.1 Å². The zero-order valence-electron chi connectivity index (χ0n) is 9.55. The maximum Gasteiger partial charge on any atom is 0.240 e. The van der Waals surface area contributed by atoms with Crippen LogP contribution in [0, 0.1) is 0 Å². The van der Waals surface area contributed by atoms with Gasteiger partial charge in [-0.05, 0) is 6.07 Å². The number of phenolic OH excluding ortho intramolecular Hbond substituents is 2. The van der Waals surface area contributed by atoms with Crippen molar-refractivity contribution in [1.82, 2.24) is 10.2 Å². The summed E-state index contributed by atoms with van der Waals surface area (Å²) in [5.74, 6) is -0.187. The van der Waals surface area contributed by atoms with Crippen molar-refractivity contribution in [3.63, 3.8) is 0 Å². The first kappa shape index (κ1) is 12.2. The molecule has 19 heavy (non-hydrogen) atoms. The summed E-state index contributed by atoms with van der Waals surface area (Å²) in [5.41, 5.74) is 2.04. The van der Waals surface area contributed by atoms with E-state index in [0.717, 1.165) is 0 Å². The number of rotatable bonds is 2. The predicted molar refractivity (Wildman–Crippen MR) is 72.4 cm³/mol. The van der Waals surface area contributed by atoms with Gasteiger partial charge in [0, 0.05) is 5.56 Å². The van der Waals surface area contributed by atoms with E-state index >= 15 is 0 Å². The maximum absolute atomic E-state index is 12.0. The molecule has 0 spiro atoms. The highest BCUT2D eigenvalue weighted by Crippen LogP contribution is 2.46. The molecule has 3 rings (SSSR count). The van der Waals surface area contributed by atoms with E-state index in [9.17, 15) is 15.0 Å². The third-order valence-electron chi connectivity index (χ3n) is 2.73. The Hall–Kier alpha value is -1.80. The lowest BCUT2D eigenvalue weighted by Crippen LogP contribution is -2.27. The zero-order chi connectivity index (χ0) is 13.4. The molecule has 1 aliphatic rings. The molecule has 1 aliphatic heterocycles. The molecule has 1 amide bonds. The number of aromatic nitrogens is 2. The van der Waals surface area contributed by atoms with E-state index in [1.54, 1.807) is 17.6 Å². The summed E-state index contributed by atoms with van der Waals surface area (Å²) in [6.07, 6.45) is 0. The van der Waals surface area contributed by atoms with Gasteiger partial charge >= 0.3 is 0 Å². The van der Waals surface area contributed by atoms with Gasteiger partial charge in [0.15, 0.2) is 11.5 Å². The van der Waals surface area contributed by atoms with Gasteiger partial charge < -0.3 is 10.2 Å². The van der Waals surface area contributed by atoms with E-state index in [1.807, 2.05) is 0 Å². The molecule has 1 saturated heterocycles. The smallest absolute Gasteiger partial charge is 0.240 e. The Morgan fingerprint density at radius 3 is 2.95 bits per heavy atom. The topological polar surface area (TPSA) is 86.5 Å². The number of carbonyl (C=O) groups is 1. The molecule has 6 nitrogen and oxygen atoms in total. The fourth-order valence-corrected chi connectivity index (χ4v) is 3.73. The second-order valence-electron chi connectivity index (χ2n) is 3.86. The first-order chi connectivity index (χ1) is 9.18. The largest absolute Gasteiger partial charge is 0.504 e. The summed E-state index contributed by atoms with van der Waals surface area (Å²) in [6, 6.07) is 4.71. The molecule has 2 N–H and O–H groups in total. The highest BCUT2D eigenvalue weighted by molar-refractivity contribution is 8.00. The highest BCUT2D eigenvalue weighted by atomic mass is 32.2. The van der Waals surface area contributed by atoms with Gasteiger partial charge in [-0.2, -0.15) is 0 Å². The molecule has 1 atom stereocenters. The molecule has 1 fully saturated rings. The molecule has 1 unspecified atom stereocenters. The van der Waals surface area contributed by atoms with Crippen molar-refractivity contribution in [2.24, 2.45) is 0 Å². The summed E-state index contributed by atoms with van der Waals surface area (Å²) < 4.78 is 0. The molecule has 0 saturated carbocycles. The number of thioether (sulfide) groups is 1. The predicted octanol–water partition coefficient (Wildman–Crippen LogP) is 1.73. The van der Waals surface area contributed by atoms with Gasteiger partial charge in [0.25, 0.3) is 0 Å². The van der Waals surface area contributed by atoms with Crippen molar-refractivity contribution in [1.29, 1.82) is 0 Å². The van der Waals surface area contributed by atoms with Crippen LogP contribution in [0.3, 0.4) is 0 Å². The van der Waals surface area contributed by atoms with Gasteiger partial charge in [-0.15, -0.1) is 22.0 Å². The summed E-state index contributed by atoms with van der Waals surface area (Å²) in [4.78, 5) is 13.4. The van der Waals surface area contributed by atoms with E-state index in [2.05, 4.69) is 10.2 Å². The third-order valence-corrected chi connectivity index (χ3v) is 4.62. The van der Waals surface area contributed by atoms with Gasteiger partial charge in [-0.1, -0.05) is 23.5 Å². The van der Waals surface area contributed by atoms with E-state index in [1.165, 1.54) is 34.1 Å². The molecule has 1 aromatic carbocycles. The number of nitrogens with zero attached hydrogens (tertiary/aromatic N) is 3. The first-order valence-electron chi connectivity index (χ1n) is 5.39. The van der Waals surface area contributed by atoms with E-state index in [4.69, 9.17) is 0 Å². The average molecular weight is 295 g/mol. The number of phenols is 2. The lowest BCUT2D eigenvalue weighted by molar-refractivity contribution is -0.115. The number of hydrogen-bond donors (Lipinski definition) is 2. The molecule has 2 heterocycles. The standard InChI is InChI=1S/C11H9N3O3S2/c15-7-3-1-2-6(9(7)17)10-14(8(16)4-18-10)11-13-12-5-19-11/h1-3,5,10,15,17H,4H2. The monoisotopic (exact) mass is 295 g/mol. The van der Waals surface area contributed by atoms with Gasteiger partial charge in [-0.3, -0.25) is 9.69 Å². The average Bonchev–Trinajstić information content (AvgIpc) is 3.02. The Kier molecular flexibility index (Phi) is 3.03. The minimum atomic E-state index is -0.396. The van der Waals surface area contributed by atoms with Crippen LogP contribution in [-0.2, 0) is 4.79 Å². The summed E-state index contributed by atoms with van der Waals surface area (Å²) in [5, 5.41) is 27.2. The number of amides is 1. The Labute approximate surface area is 116 Å². The highest BCUT2D eigenvalue weighted by Gasteiger charge is 2.37. The molecule has 0 radical (unpaired) electrons. The van der Waals surface area contributed by atoms with Crippen LogP contribution in [0.15, 0.2) is 23.7 Å². The van der Waals surface area contributed by atoms with Gasteiger partial charge in [0.2, 0.25) is 11.0 Å². The number of benzene rings is 1. The number of para-hydroxylation sites is 1. The van der Waals surface area contributed by atoms with Crippen molar-refractivity contribution < 1.29 is 15.0 Å². The molecule has 0 aliphatic carbocycles. The van der Waals surface area contributed by atoms with Crippen molar-refractivity contribution in [2.75, 3.05) is 10.7 Å². The lowest BCUT2D eigenvalue weighted by Gasteiger charge is -2.21. The Balaban J connectivity index is 2.04. The van der Waals surface area contributed by atoms with Gasteiger partial charge in [-0.25, -0.2) is 0 Å². The fraction of sp³-hybridized carbons (Fsp3) is 0.182. The zero-order valence-corrected chi connectivity index (χ0v) is 11.2. The minimum absolute atomic E-state index is 0.0884. The summed E-state index contributed by atoms with van der Waals surface area (Å²) >= 11 is 2.63. The Morgan fingerprint density at radius 1 is 1.37 bits per heavy atom. The number of hydrogen-bond acceptors (Lipinski definition) is 7. The summed E-state index contributed by atoms with van der Waals surface area (Å²) in [6.45, 7) is 0. The van der Waals surface area contributed by atoms with E-state index in [0.29, 0.717) is 16.4 Å². The van der Waals surface area contributed by atoms with E-state index in [-0.39, 0.29) is 17.4 Å². The molecular weight excluding hydrogens is 286 g/mol. The van der Waals surface area contributed by atoms with Crippen molar-refractivity contribution in [3.8, 4) is 11.5 Å². The number of aromatic hydroxyl groups is 2. The Bertz CT molecular complexity index is 618. The molecular formula is C11H9N3O3S2. The number of carbonyl (C=O) groups excluding carboxylic acids is 1. The van der Waals surface area contributed by atoms with Crippen molar-refractivity contribution >= 4 is 34.1 Å². The van der Waals surface area contributed by atoms with Crippen LogP contribution in [0.4, 0.5) is 5.13 Å². The first-order valence-corrected chi connectivity index (χ1v) is 7.32. The Morgan fingerprint density at radius 2 is 2.21 bits per heavy atom. The van der Waals surface area contributed by atoms with Crippen LogP contribution in [0.1, 0.15) is 10.9 Å². The molecule has 1 aromatic heterocycles. The third kappa shape index (κ3) is 2.02. The van der Waals surface area contributed by atoms with Crippen LogP contribution in [0.2, 0.25) is 0 Å². The number of anilines is 1. The minimum Gasteiger partial charge on any atom is -0.504 e. The second kappa shape index (κ2) is 4.71. The maximum atomic E-state index is 12.0.